The zero-order valence-corrected chi connectivity index (χ0v) is 10.1. The molecule has 0 fully saturated rings. The number of rotatable bonds is 5. The zero-order chi connectivity index (χ0) is 13.0. The lowest BCUT2D eigenvalue weighted by molar-refractivity contribution is -0.137. The first-order chi connectivity index (χ1) is 8.66. The highest BCUT2D eigenvalue weighted by molar-refractivity contribution is 5.67. The number of benzene rings is 1. The van der Waals surface area contributed by atoms with E-state index < -0.39 is 12.1 Å². The Morgan fingerprint density at radius 2 is 2.06 bits per heavy atom. The fourth-order valence-corrected chi connectivity index (χ4v) is 2.05. The van der Waals surface area contributed by atoms with Crippen LogP contribution in [0.4, 0.5) is 0 Å². The van der Waals surface area contributed by atoms with Gasteiger partial charge in [0.05, 0.1) is 6.10 Å². The van der Waals surface area contributed by atoms with Crippen LogP contribution < -0.4 is 5.32 Å². The Hall–Kier alpha value is -1.81. The molecule has 0 bridgehead atoms. The molecule has 4 nitrogen and oxygen atoms in total. The van der Waals surface area contributed by atoms with E-state index in [1.165, 1.54) is 5.57 Å². The van der Waals surface area contributed by atoms with Crippen molar-refractivity contribution in [1.29, 1.82) is 0 Å². The van der Waals surface area contributed by atoms with Crippen molar-refractivity contribution in [1.82, 2.24) is 5.32 Å². The molecule has 96 valence electrons. The molecule has 0 aliphatic carbocycles. The molecule has 0 aromatic heterocycles. The van der Waals surface area contributed by atoms with Crippen LogP contribution in [-0.2, 0) is 4.79 Å². The topological polar surface area (TPSA) is 69.6 Å². The number of carboxylic acids is 1. The second-order valence-corrected chi connectivity index (χ2v) is 4.44. The van der Waals surface area contributed by atoms with Crippen molar-refractivity contribution >= 4 is 11.5 Å². The summed E-state index contributed by atoms with van der Waals surface area (Å²) in [5.41, 5.74) is 3.18. The molecule has 1 aromatic rings. The molecule has 2 rings (SSSR count). The third-order valence-electron chi connectivity index (χ3n) is 3.11. The van der Waals surface area contributed by atoms with Crippen LogP contribution in [0.2, 0.25) is 0 Å². The third kappa shape index (κ3) is 3.11. The highest BCUT2D eigenvalue weighted by Gasteiger charge is 2.11. The maximum absolute atomic E-state index is 10.4. The Morgan fingerprint density at radius 1 is 1.33 bits per heavy atom. The van der Waals surface area contributed by atoms with Crippen LogP contribution in [0.25, 0.3) is 5.57 Å². The van der Waals surface area contributed by atoms with Gasteiger partial charge in [0, 0.05) is 19.2 Å². The van der Waals surface area contributed by atoms with E-state index in [2.05, 4.69) is 5.32 Å². The third-order valence-corrected chi connectivity index (χ3v) is 3.11. The maximum Gasteiger partial charge on any atom is 0.303 e. The van der Waals surface area contributed by atoms with Gasteiger partial charge in [0.15, 0.2) is 0 Å². The number of nitrogens with one attached hydrogen (secondary N) is 1. The van der Waals surface area contributed by atoms with Crippen molar-refractivity contribution in [2.45, 2.75) is 25.4 Å². The van der Waals surface area contributed by atoms with Crippen molar-refractivity contribution in [3.8, 4) is 0 Å². The van der Waals surface area contributed by atoms with E-state index in [-0.39, 0.29) is 12.8 Å². The molecule has 0 radical (unpaired) electrons. The minimum atomic E-state index is -0.882. The quantitative estimate of drug-likeness (QED) is 0.743. The van der Waals surface area contributed by atoms with Gasteiger partial charge in [-0.2, -0.15) is 0 Å². The molecule has 1 unspecified atom stereocenters. The summed E-state index contributed by atoms with van der Waals surface area (Å²) in [5.74, 6) is -0.882. The number of aliphatic hydroxyl groups is 1. The molecule has 4 heteroatoms. The second-order valence-electron chi connectivity index (χ2n) is 4.44. The largest absolute Gasteiger partial charge is 0.481 e. The molecule has 1 aromatic carbocycles. The van der Waals surface area contributed by atoms with Crippen LogP contribution in [0.5, 0.6) is 0 Å². The number of hydrogen-bond donors (Lipinski definition) is 3. The summed E-state index contributed by atoms with van der Waals surface area (Å²) in [4.78, 5) is 10.4. The normalized spacial score (nSPS) is 15.9. The van der Waals surface area contributed by atoms with E-state index in [9.17, 15) is 9.90 Å². The van der Waals surface area contributed by atoms with Crippen molar-refractivity contribution in [3.05, 3.63) is 41.6 Å². The fraction of sp³-hybridized carbons (Fsp3) is 0.357. The number of aliphatic carboxylic acids is 1. The van der Waals surface area contributed by atoms with Gasteiger partial charge in [-0.05, 0) is 29.5 Å². The molecule has 0 spiro atoms. The summed E-state index contributed by atoms with van der Waals surface area (Å²) in [6.45, 7) is 0.971. The smallest absolute Gasteiger partial charge is 0.303 e. The van der Waals surface area contributed by atoms with Gasteiger partial charge in [-0.15, -0.1) is 0 Å². The molecule has 3 N–H and O–H groups in total. The van der Waals surface area contributed by atoms with E-state index in [1.54, 1.807) is 0 Å². The van der Waals surface area contributed by atoms with Gasteiger partial charge in [0.25, 0.3) is 0 Å². The van der Waals surface area contributed by atoms with Gasteiger partial charge in [0.2, 0.25) is 0 Å². The van der Waals surface area contributed by atoms with E-state index in [0.717, 1.165) is 24.1 Å². The zero-order valence-electron chi connectivity index (χ0n) is 10.1. The molecule has 1 aliphatic rings. The van der Waals surface area contributed by atoms with Crippen LogP contribution in [0.15, 0.2) is 30.5 Å². The summed E-state index contributed by atoms with van der Waals surface area (Å²) in [5, 5.41) is 21.6. The molecular weight excluding hydrogens is 230 g/mol. The molecule has 1 atom stereocenters. The molecule has 0 amide bonds. The first kappa shape index (κ1) is 12.6. The Bertz CT molecular complexity index is 451. The lowest BCUT2D eigenvalue weighted by Crippen LogP contribution is -2.02. The van der Waals surface area contributed by atoms with Gasteiger partial charge in [-0.25, -0.2) is 0 Å². The summed E-state index contributed by atoms with van der Waals surface area (Å²) in [6, 6.07) is 7.67. The number of hydrogen-bond acceptors (Lipinski definition) is 3. The molecule has 0 saturated heterocycles. The SMILES string of the molecule is O=C(O)CCC(O)c1ccc(C2=CNCC2)cc1. The lowest BCUT2D eigenvalue weighted by atomic mass is 10.00. The first-order valence-corrected chi connectivity index (χ1v) is 6.09. The van der Waals surface area contributed by atoms with Crippen molar-refractivity contribution in [3.63, 3.8) is 0 Å². The second kappa shape index (κ2) is 5.69. The average molecular weight is 247 g/mol. The predicted molar refractivity (Wildman–Crippen MR) is 68.9 cm³/mol. The molecule has 0 saturated carbocycles. The van der Waals surface area contributed by atoms with Gasteiger partial charge in [0.1, 0.15) is 0 Å². The minimum Gasteiger partial charge on any atom is -0.481 e. The van der Waals surface area contributed by atoms with Gasteiger partial charge in [-0.1, -0.05) is 24.3 Å². The highest BCUT2D eigenvalue weighted by atomic mass is 16.4. The fourth-order valence-electron chi connectivity index (χ4n) is 2.05. The summed E-state index contributed by atoms with van der Waals surface area (Å²) >= 11 is 0. The number of carbonyl (C=O) groups is 1. The Labute approximate surface area is 106 Å². The monoisotopic (exact) mass is 247 g/mol. The minimum absolute atomic E-state index is 0.0159. The lowest BCUT2D eigenvalue weighted by Gasteiger charge is -2.10. The van der Waals surface area contributed by atoms with Crippen molar-refractivity contribution in [2.24, 2.45) is 0 Å². The Kier molecular flexibility index (Phi) is 3.99. The standard InChI is InChI=1S/C14H17NO3/c16-13(5-6-14(17)18)11-3-1-10(2-4-11)12-7-8-15-9-12/h1-4,9,13,15-16H,5-8H2,(H,17,18). The Morgan fingerprint density at radius 3 is 2.61 bits per heavy atom. The first-order valence-electron chi connectivity index (χ1n) is 6.09. The van der Waals surface area contributed by atoms with Crippen LogP contribution in [0.3, 0.4) is 0 Å². The summed E-state index contributed by atoms with van der Waals surface area (Å²) in [6.07, 6.45) is 2.55. The van der Waals surface area contributed by atoms with Gasteiger partial charge in [-0.3, -0.25) is 4.79 Å². The molecular formula is C14H17NO3. The van der Waals surface area contributed by atoms with Gasteiger partial charge < -0.3 is 15.5 Å². The molecule has 18 heavy (non-hydrogen) atoms. The van der Waals surface area contributed by atoms with Crippen LogP contribution in [0.1, 0.15) is 36.5 Å². The van der Waals surface area contributed by atoms with E-state index >= 15 is 0 Å². The van der Waals surface area contributed by atoms with Crippen molar-refractivity contribution < 1.29 is 15.0 Å². The van der Waals surface area contributed by atoms with E-state index in [1.807, 2.05) is 30.5 Å². The van der Waals surface area contributed by atoms with E-state index in [0.29, 0.717) is 0 Å². The van der Waals surface area contributed by atoms with E-state index in [4.69, 9.17) is 5.11 Å². The number of carboxylic acid groups (broad SMARTS) is 1. The van der Waals surface area contributed by atoms with Crippen molar-refractivity contribution in [2.75, 3.05) is 6.54 Å². The number of aliphatic hydroxyl groups excluding tert-OH is 1. The Balaban J connectivity index is 2.00. The van der Waals surface area contributed by atoms with Crippen LogP contribution in [0, 0.1) is 0 Å². The summed E-state index contributed by atoms with van der Waals surface area (Å²) in [7, 11) is 0. The molecule has 1 heterocycles. The maximum atomic E-state index is 10.4. The predicted octanol–water partition coefficient (Wildman–Crippen LogP) is 1.92. The highest BCUT2D eigenvalue weighted by Crippen LogP contribution is 2.24. The average Bonchev–Trinajstić information content (AvgIpc) is 2.90. The molecule has 1 aliphatic heterocycles. The van der Waals surface area contributed by atoms with Crippen LogP contribution in [-0.4, -0.2) is 22.7 Å². The van der Waals surface area contributed by atoms with Gasteiger partial charge >= 0.3 is 5.97 Å². The van der Waals surface area contributed by atoms with Crippen LogP contribution >= 0.6 is 0 Å². The summed E-state index contributed by atoms with van der Waals surface area (Å²) < 4.78 is 0.